The maximum Gasteiger partial charge on any atom is 0.132 e. The van der Waals surface area contributed by atoms with Gasteiger partial charge >= 0.3 is 0 Å². The van der Waals surface area contributed by atoms with Crippen molar-refractivity contribution < 1.29 is 0 Å². The van der Waals surface area contributed by atoms with E-state index in [4.69, 9.17) is 11.6 Å². The molecular weight excluding hydrogens is 382 g/mol. The fourth-order valence-electron chi connectivity index (χ4n) is 3.85. The van der Waals surface area contributed by atoms with Crippen LogP contribution in [0.15, 0.2) is 54.6 Å². The molecule has 2 heterocycles. The van der Waals surface area contributed by atoms with Crippen molar-refractivity contribution in [2.75, 3.05) is 31.1 Å². The molecule has 1 aromatic heterocycles. The van der Waals surface area contributed by atoms with Crippen molar-refractivity contribution in [1.82, 2.24) is 14.7 Å². The van der Waals surface area contributed by atoms with E-state index in [0.29, 0.717) is 6.54 Å². The number of para-hydroxylation sites is 1. The van der Waals surface area contributed by atoms with Crippen molar-refractivity contribution >= 4 is 17.3 Å². The van der Waals surface area contributed by atoms with E-state index in [9.17, 15) is 5.26 Å². The predicted octanol–water partition coefficient (Wildman–Crippen LogP) is 4.09. The summed E-state index contributed by atoms with van der Waals surface area (Å²) >= 11 is 6.69. The second kappa shape index (κ2) is 8.69. The first-order chi connectivity index (χ1) is 14.2. The van der Waals surface area contributed by atoms with Gasteiger partial charge in [-0.3, -0.25) is 4.90 Å². The Hall–Kier alpha value is -2.81. The number of nitriles is 1. The molecule has 3 aromatic rings. The third-order valence-electron chi connectivity index (χ3n) is 5.48. The largest absolute Gasteiger partial charge is 0.368 e. The zero-order valence-electron chi connectivity index (χ0n) is 16.6. The lowest BCUT2D eigenvalue weighted by Crippen LogP contribution is -2.46. The number of aryl methyl sites for hydroxylation is 1. The summed E-state index contributed by atoms with van der Waals surface area (Å²) in [6.07, 6.45) is 0. The number of anilines is 1. The zero-order valence-corrected chi connectivity index (χ0v) is 17.3. The molecule has 0 spiro atoms. The Labute approximate surface area is 176 Å². The van der Waals surface area contributed by atoms with E-state index >= 15 is 0 Å². The quantitative estimate of drug-likeness (QED) is 0.641. The number of piperazine rings is 1. The van der Waals surface area contributed by atoms with Gasteiger partial charge in [-0.1, -0.05) is 54.1 Å². The van der Waals surface area contributed by atoms with Crippen LogP contribution in [0.4, 0.5) is 5.69 Å². The van der Waals surface area contributed by atoms with Crippen LogP contribution in [0.1, 0.15) is 22.4 Å². The summed E-state index contributed by atoms with van der Waals surface area (Å²) in [6, 6.07) is 20.4. The molecule has 0 unspecified atom stereocenters. The highest BCUT2D eigenvalue weighted by molar-refractivity contribution is 6.30. The molecular formula is C23H24ClN5. The predicted molar refractivity (Wildman–Crippen MR) is 116 cm³/mol. The molecule has 0 amide bonds. The lowest BCUT2D eigenvalue weighted by atomic mass is 10.1. The molecule has 0 N–H and O–H groups in total. The number of halogens is 1. The fourth-order valence-corrected chi connectivity index (χ4v) is 4.14. The molecule has 0 radical (unpaired) electrons. The summed E-state index contributed by atoms with van der Waals surface area (Å²) in [6.45, 7) is 7.16. The molecule has 0 bridgehead atoms. The van der Waals surface area contributed by atoms with E-state index in [1.165, 1.54) is 5.56 Å². The Morgan fingerprint density at radius 1 is 0.966 bits per heavy atom. The van der Waals surface area contributed by atoms with Crippen LogP contribution in [-0.4, -0.2) is 40.9 Å². The molecule has 4 rings (SSSR count). The Morgan fingerprint density at radius 3 is 2.38 bits per heavy atom. The van der Waals surface area contributed by atoms with E-state index in [2.05, 4.69) is 33.1 Å². The first-order valence-electron chi connectivity index (χ1n) is 9.88. The van der Waals surface area contributed by atoms with Crippen LogP contribution in [0.2, 0.25) is 5.15 Å². The van der Waals surface area contributed by atoms with Crippen molar-refractivity contribution in [3.05, 3.63) is 82.1 Å². The van der Waals surface area contributed by atoms with Gasteiger partial charge in [0.05, 0.1) is 23.5 Å². The molecule has 148 valence electrons. The Balaban J connectivity index is 1.41. The molecule has 0 saturated carbocycles. The van der Waals surface area contributed by atoms with Crippen molar-refractivity contribution in [2.45, 2.75) is 20.0 Å². The van der Waals surface area contributed by atoms with Crippen LogP contribution in [0.5, 0.6) is 0 Å². The van der Waals surface area contributed by atoms with Gasteiger partial charge in [-0.25, -0.2) is 4.68 Å². The van der Waals surface area contributed by atoms with Crippen LogP contribution in [-0.2, 0) is 13.1 Å². The zero-order chi connectivity index (χ0) is 20.2. The fraction of sp³-hybridized carbons (Fsp3) is 0.304. The number of hydrogen-bond donors (Lipinski definition) is 0. The van der Waals surface area contributed by atoms with Crippen LogP contribution >= 0.6 is 11.6 Å². The highest BCUT2D eigenvalue weighted by Crippen LogP contribution is 2.25. The van der Waals surface area contributed by atoms with Crippen molar-refractivity contribution in [3.8, 4) is 6.07 Å². The third-order valence-corrected chi connectivity index (χ3v) is 5.90. The van der Waals surface area contributed by atoms with Gasteiger partial charge in [0.2, 0.25) is 0 Å². The minimum atomic E-state index is 0.680. The number of aromatic nitrogens is 2. The Morgan fingerprint density at radius 2 is 1.66 bits per heavy atom. The lowest BCUT2D eigenvalue weighted by Gasteiger charge is -2.36. The average molecular weight is 406 g/mol. The Kier molecular flexibility index (Phi) is 5.84. The van der Waals surface area contributed by atoms with Crippen LogP contribution in [0, 0.1) is 18.3 Å². The second-order valence-corrected chi connectivity index (χ2v) is 7.75. The highest BCUT2D eigenvalue weighted by atomic mass is 35.5. The third kappa shape index (κ3) is 4.29. The monoisotopic (exact) mass is 405 g/mol. The number of hydrogen-bond acceptors (Lipinski definition) is 4. The smallest absolute Gasteiger partial charge is 0.132 e. The van der Waals surface area contributed by atoms with E-state index in [1.807, 2.05) is 54.1 Å². The molecule has 6 heteroatoms. The van der Waals surface area contributed by atoms with Gasteiger partial charge in [-0.2, -0.15) is 10.4 Å². The van der Waals surface area contributed by atoms with Gasteiger partial charge in [0.15, 0.2) is 0 Å². The van der Waals surface area contributed by atoms with E-state index < -0.39 is 0 Å². The van der Waals surface area contributed by atoms with E-state index in [1.54, 1.807) is 0 Å². The topological polar surface area (TPSA) is 48.1 Å². The van der Waals surface area contributed by atoms with Gasteiger partial charge in [-0.15, -0.1) is 0 Å². The van der Waals surface area contributed by atoms with Gasteiger partial charge < -0.3 is 4.90 Å². The van der Waals surface area contributed by atoms with Crippen molar-refractivity contribution in [2.24, 2.45) is 0 Å². The molecule has 1 saturated heterocycles. The number of nitrogens with zero attached hydrogens (tertiary/aromatic N) is 5. The molecule has 1 aliphatic rings. The van der Waals surface area contributed by atoms with Gasteiger partial charge in [0.25, 0.3) is 0 Å². The molecule has 2 aromatic carbocycles. The normalized spacial score (nSPS) is 14.7. The summed E-state index contributed by atoms with van der Waals surface area (Å²) in [7, 11) is 0. The van der Waals surface area contributed by atoms with E-state index in [0.717, 1.165) is 60.4 Å². The summed E-state index contributed by atoms with van der Waals surface area (Å²) < 4.78 is 1.89. The minimum Gasteiger partial charge on any atom is -0.368 e. The molecule has 0 atom stereocenters. The van der Waals surface area contributed by atoms with Crippen molar-refractivity contribution in [3.63, 3.8) is 0 Å². The lowest BCUT2D eigenvalue weighted by molar-refractivity contribution is 0.249. The van der Waals surface area contributed by atoms with Crippen molar-refractivity contribution in [1.29, 1.82) is 5.26 Å². The maximum atomic E-state index is 9.35. The summed E-state index contributed by atoms with van der Waals surface area (Å²) in [5.74, 6) is 0. The van der Waals surface area contributed by atoms with Crippen LogP contribution < -0.4 is 4.90 Å². The second-order valence-electron chi connectivity index (χ2n) is 7.39. The molecule has 0 aliphatic carbocycles. The molecule has 5 nitrogen and oxygen atoms in total. The summed E-state index contributed by atoms with van der Waals surface area (Å²) in [5, 5.41) is 14.7. The first kappa shape index (κ1) is 19.5. The molecule has 1 fully saturated rings. The average Bonchev–Trinajstić information content (AvgIpc) is 3.02. The van der Waals surface area contributed by atoms with E-state index in [-0.39, 0.29) is 0 Å². The first-order valence-corrected chi connectivity index (χ1v) is 10.3. The van der Waals surface area contributed by atoms with Gasteiger partial charge in [0.1, 0.15) is 11.2 Å². The Bertz CT molecular complexity index is 1010. The number of benzene rings is 2. The summed E-state index contributed by atoms with van der Waals surface area (Å²) in [4.78, 5) is 4.70. The van der Waals surface area contributed by atoms with Gasteiger partial charge in [-0.05, 0) is 24.6 Å². The molecule has 1 aliphatic heterocycles. The maximum absolute atomic E-state index is 9.35. The minimum absolute atomic E-state index is 0.680. The standard InChI is InChI=1S/C23H24ClN5/c1-18-21(23(24)29(26-18)16-19-7-3-2-4-8-19)17-27-11-13-28(14-12-27)22-10-6-5-9-20(22)15-25/h2-10H,11-14,16-17H2,1H3. The summed E-state index contributed by atoms with van der Waals surface area (Å²) in [5.41, 5.74) is 5.05. The van der Waals surface area contributed by atoms with Crippen LogP contribution in [0.3, 0.4) is 0 Å². The van der Waals surface area contributed by atoms with Gasteiger partial charge in [0, 0.05) is 38.3 Å². The van der Waals surface area contributed by atoms with Crippen LogP contribution in [0.25, 0.3) is 0 Å². The molecule has 29 heavy (non-hydrogen) atoms. The number of rotatable bonds is 5. The highest BCUT2D eigenvalue weighted by Gasteiger charge is 2.22. The SMILES string of the molecule is Cc1nn(Cc2ccccc2)c(Cl)c1CN1CCN(c2ccccc2C#N)CC1.